The van der Waals surface area contributed by atoms with Gasteiger partial charge in [-0.3, -0.25) is 4.98 Å². The fourth-order valence-corrected chi connectivity index (χ4v) is 2.73. The Bertz CT molecular complexity index is 558. The maximum absolute atomic E-state index is 6.37. The molecule has 1 unspecified atom stereocenters. The maximum Gasteiger partial charge on any atom is 0.0871 e. The minimum absolute atomic E-state index is 0.0895. The zero-order valence-electron chi connectivity index (χ0n) is 10.6. The number of rotatable bonds is 3. The van der Waals surface area contributed by atoms with E-state index < -0.39 is 0 Å². The minimum atomic E-state index is -0.176. The first-order valence-electron chi connectivity index (χ1n) is 6.41. The number of nitrogens with two attached hydrogens (primary N) is 1. The van der Waals surface area contributed by atoms with Crippen molar-refractivity contribution >= 4 is 10.9 Å². The monoisotopic (exact) mass is 242 g/mol. The molecule has 1 saturated carbocycles. The Morgan fingerprint density at radius 3 is 2.78 bits per heavy atom. The second-order valence-corrected chi connectivity index (χ2v) is 5.06. The summed E-state index contributed by atoms with van der Waals surface area (Å²) in [5, 5.41) is 1.14. The van der Waals surface area contributed by atoms with Crippen LogP contribution in [0.2, 0.25) is 0 Å². The van der Waals surface area contributed by atoms with Crippen molar-refractivity contribution in [2.75, 3.05) is 7.11 Å². The summed E-state index contributed by atoms with van der Waals surface area (Å²) in [6.07, 6.45) is 5.16. The van der Waals surface area contributed by atoms with Crippen LogP contribution < -0.4 is 5.73 Å². The summed E-state index contributed by atoms with van der Waals surface area (Å²) >= 11 is 0. The van der Waals surface area contributed by atoms with Gasteiger partial charge in [0.25, 0.3) is 0 Å². The molecule has 3 heteroatoms. The molecule has 3 nitrogen and oxygen atoms in total. The van der Waals surface area contributed by atoms with Crippen molar-refractivity contribution < 1.29 is 4.74 Å². The lowest BCUT2D eigenvalue weighted by molar-refractivity contribution is -0.0912. The SMILES string of the molecule is COC1(C(N)c2cnc3ccccc3c2)CCC1. The van der Waals surface area contributed by atoms with Gasteiger partial charge in [0.05, 0.1) is 17.2 Å². The first kappa shape index (κ1) is 11.6. The van der Waals surface area contributed by atoms with E-state index in [-0.39, 0.29) is 11.6 Å². The smallest absolute Gasteiger partial charge is 0.0871 e. The molecule has 1 aromatic carbocycles. The molecule has 3 rings (SSSR count). The summed E-state index contributed by atoms with van der Waals surface area (Å²) in [6.45, 7) is 0. The lowest BCUT2D eigenvalue weighted by atomic mass is 9.73. The first-order valence-corrected chi connectivity index (χ1v) is 6.41. The predicted molar refractivity (Wildman–Crippen MR) is 72.3 cm³/mol. The van der Waals surface area contributed by atoms with E-state index >= 15 is 0 Å². The second-order valence-electron chi connectivity index (χ2n) is 5.06. The van der Waals surface area contributed by atoms with E-state index in [1.165, 1.54) is 6.42 Å². The van der Waals surface area contributed by atoms with Gasteiger partial charge < -0.3 is 10.5 Å². The van der Waals surface area contributed by atoms with Crippen molar-refractivity contribution in [2.24, 2.45) is 5.73 Å². The Morgan fingerprint density at radius 1 is 1.33 bits per heavy atom. The molecule has 2 aromatic rings. The molecule has 2 N–H and O–H groups in total. The Labute approximate surface area is 107 Å². The Hall–Kier alpha value is -1.45. The van der Waals surface area contributed by atoms with Gasteiger partial charge in [0.2, 0.25) is 0 Å². The molecule has 1 aliphatic rings. The average molecular weight is 242 g/mol. The van der Waals surface area contributed by atoms with E-state index in [9.17, 15) is 0 Å². The second kappa shape index (κ2) is 4.34. The third-order valence-electron chi connectivity index (χ3n) is 4.14. The summed E-state index contributed by atoms with van der Waals surface area (Å²) < 4.78 is 5.65. The van der Waals surface area contributed by atoms with Gasteiger partial charge in [-0.25, -0.2) is 0 Å². The van der Waals surface area contributed by atoms with E-state index in [0.29, 0.717) is 0 Å². The standard InChI is InChI=1S/C15H18N2O/c1-18-15(7-4-8-15)14(16)12-9-11-5-2-3-6-13(11)17-10-12/h2-3,5-6,9-10,14H,4,7-8,16H2,1H3. The normalized spacial score (nSPS) is 19.4. The molecule has 0 aliphatic heterocycles. The zero-order valence-corrected chi connectivity index (χ0v) is 10.6. The molecule has 1 fully saturated rings. The molecular weight excluding hydrogens is 224 g/mol. The van der Waals surface area contributed by atoms with Gasteiger partial charge in [-0.15, -0.1) is 0 Å². The van der Waals surface area contributed by atoms with Crippen LogP contribution in [0.1, 0.15) is 30.9 Å². The molecule has 94 valence electrons. The topological polar surface area (TPSA) is 48.1 Å². The summed E-state index contributed by atoms with van der Waals surface area (Å²) in [5.41, 5.74) is 8.27. The van der Waals surface area contributed by atoms with Crippen LogP contribution in [0.3, 0.4) is 0 Å². The van der Waals surface area contributed by atoms with Gasteiger partial charge >= 0.3 is 0 Å². The molecule has 18 heavy (non-hydrogen) atoms. The van der Waals surface area contributed by atoms with Crippen LogP contribution >= 0.6 is 0 Å². The fourth-order valence-electron chi connectivity index (χ4n) is 2.73. The Kier molecular flexibility index (Phi) is 2.80. The van der Waals surface area contributed by atoms with E-state index in [1.54, 1.807) is 7.11 Å². The fraction of sp³-hybridized carbons (Fsp3) is 0.400. The van der Waals surface area contributed by atoms with Crippen molar-refractivity contribution in [3.05, 3.63) is 42.1 Å². The Morgan fingerprint density at radius 2 is 2.11 bits per heavy atom. The van der Waals surface area contributed by atoms with Gasteiger partial charge in [-0.2, -0.15) is 0 Å². The highest BCUT2D eigenvalue weighted by molar-refractivity contribution is 5.78. The van der Waals surface area contributed by atoms with Crippen LogP contribution in [0.5, 0.6) is 0 Å². The zero-order chi connectivity index (χ0) is 12.6. The van der Waals surface area contributed by atoms with Gasteiger partial charge in [0.15, 0.2) is 0 Å². The molecule has 1 aliphatic carbocycles. The quantitative estimate of drug-likeness (QED) is 0.900. The van der Waals surface area contributed by atoms with Crippen LogP contribution in [-0.4, -0.2) is 17.7 Å². The number of benzene rings is 1. The van der Waals surface area contributed by atoms with Crippen molar-refractivity contribution in [3.63, 3.8) is 0 Å². The van der Waals surface area contributed by atoms with Crippen molar-refractivity contribution in [2.45, 2.75) is 30.9 Å². The minimum Gasteiger partial charge on any atom is -0.376 e. The highest BCUT2D eigenvalue weighted by atomic mass is 16.5. The number of nitrogens with zero attached hydrogens (tertiary/aromatic N) is 1. The average Bonchev–Trinajstić information content (AvgIpc) is 2.37. The number of aromatic nitrogens is 1. The van der Waals surface area contributed by atoms with Crippen LogP contribution in [0.4, 0.5) is 0 Å². The molecule has 1 aromatic heterocycles. The summed E-state index contributed by atoms with van der Waals surface area (Å²) in [5.74, 6) is 0. The molecule has 0 bridgehead atoms. The van der Waals surface area contributed by atoms with Crippen LogP contribution in [0.25, 0.3) is 10.9 Å². The molecule has 0 radical (unpaired) electrons. The van der Waals surface area contributed by atoms with Crippen LogP contribution in [-0.2, 0) is 4.74 Å². The molecule has 0 amide bonds. The van der Waals surface area contributed by atoms with Gasteiger partial charge in [-0.1, -0.05) is 18.2 Å². The van der Waals surface area contributed by atoms with E-state index in [0.717, 1.165) is 29.3 Å². The lowest BCUT2D eigenvalue weighted by Crippen LogP contribution is -2.48. The van der Waals surface area contributed by atoms with Gasteiger partial charge in [0, 0.05) is 18.7 Å². The molecule has 0 saturated heterocycles. The predicted octanol–water partition coefficient (Wildman–Crippen LogP) is 2.80. The summed E-state index contributed by atoms with van der Waals surface area (Å²) in [4.78, 5) is 4.47. The first-order chi connectivity index (χ1) is 8.75. The van der Waals surface area contributed by atoms with E-state index in [1.807, 2.05) is 24.4 Å². The van der Waals surface area contributed by atoms with Crippen LogP contribution in [0.15, 0.2) is 36.5 Å². The van der Waals surface area contributed by atoms with Crippen molar-refractivity contribution in [1.29, 1.82) is 0 Å². The largest absolute Gasteiger partial charge is 0.376 e. The maximum atomic E-state index is 6.37. The molecular formula is C15H18N2O. The highest BCUT2D eigenvalue weighted by Crippen LogP contribution is 2.43. The van der Waals surface area contributed by atoms with Gasteiger partial charge in [-0.05, 0) is 37.0 Å². The van der Waals surface area contributed by atoms with E-state index in [2.05, 4.69) is 17.1 Å². The number of pyridine rings is 1. The highest BCUT2D eigenvalue weighted by Gasteiger charge is 2.43. The molecule has 1 atom stereocenters. The van der Waals surface area contributed by atoms with Crippen molar-refractivity contribution in [3.8, 4) is 0 Å². The third kappa shape index (κ3) is 1.71. The number of hydrogen-bond donors (Lipinski definition) is 1. The number of hydrogen-bond acceptors (Lipinski definition) is 3. The van der Waals surface area contributed by atoms with Gasteiger partial charge in [0.1, 0.15) is 0 Å². The third-order valence-corrected chi connectivity index (χ3v) is 4.14. The summed E-state index contributed by atoms with van der Waals surface area (Å²) in [6, 6.07) is 10.1. The van der Waals surface area contributed by atoms with E-state index in [4.69, 9.17) is 10.5 Å². The number of para-hydroxylation sites is 1. The van der Waals surface area contributed by atoms with Crippen molar-refractivity contribution in [1.82, 2.24) is 4.98 Å². The summed E-state index contributed by atoms with van der Waals surface area (Å²) in [7, 11) is 1.76. The molecule has 1 heterocycles. The number of fused-ring (bicyclic) bond motifs is 1. The molecule has 0 spiro atoms. The lowest BCUT2D eigenvalue weighted by Gasteiger charge is -2.45. The number of ether oxygens (including phenoxy) is 1. The number of methoxy groups -OCH3 is 1. The van der Waals surface area contributed by atoms with Crippen LogP contribution in [0, 0.1) is 0 Å². The Balaban J connectivity index is 1.98.